The summed E-state index contributed by atoms with van der Waals surface area (Å²) < 4.78 is 27.8. The summed E-state index contributed by atoms with van der Waals surface area (Å²) >= 11 is 0. The van der Waals surface area contributed by atoms with E-state index in [4.69, 9.17) is 4.18 Å². The number of rotatable bonds is 4. The van der Waals surface area contributed by atoms with Crippen molar-refractivity contribution in [1.29, 1.82) is 0 Å². The number of hydrogen-bond acceptors (Lipinski definition) is 3. The number of benzene rings is 1. The second kappa shape index (κ2) is 4.57. The highest BCUT2D eigenvalue weighted by Crippen LogP contribution is 2.17. The Morgan fingerprint density at radius 1 is 1.36 bits per heavy atom. The van der Waals surface area contributed by atoms with Crippen LogP contribution in [0.2, 0.25) is 0 Å². The average Bonchev–Trinajstić information content (AvgIpc) is 2.15. The average molecular weight is 213 g/mol. The summed E-state index contributed by atoms with van der Waals surface area (Å²) in [5.41, 5.74) is 0.692. The second-order valence-electron chi connectivity index (χ2n) is 2.89. The van der Waals surface area contributed by atoms with Gasteiger partial charge in [0.2, 0.25) is 0 Å². The van der Waals surface area contributed by atoms with Crippen LogP contribution in [0, 0.1) is 13.5 Å². The maximum Gasteiger partial charge on any atom is 0.297 e. The van der Waals surface area contributed by atoms with E-state index in [0.717, 1.165) is 0 Å². The van der Waals surface area contributed by atoms with Gasteiger partial charge in [-0.25, -0.2) is 0 Å². The van der Waals surface area contributed by atoms with E-state index in [1.807, 2.05) is 6.92 Å². The fourth-order valence-corrected chi connectivity index (χ4v) is 2.17. The van der Waals surface area contributed by atoms with Gasteiger partial charge < -0.3 is 0 Å². The van der Waals surface area contributed by atoms with E-state index in [-0.39, 0.29) is 4.90 Å². The minimum Gasteiger partial charge on any atom is -0.260 e. The molecule has 1 aromatic rings. The van der Waals surface area contributed by atoms with E-state index < -0.39 is 10.1 Å². The largest absolute Gasteiger partial charge is 0.297 e. The van der Waals surface area contributed by atoms with Crippen molar-refractivity contribution in [3.8, 4) is 0 Å². The Hall–Kier alpha value is -0.870. The molecule has 0 aromatic heterocycles. The van der Waals surface area contributed by atoms with Crippen molar-refractivity contribution in [2.75, 3.05) is 0 Å². The van der Waals surface area contributed by atoms with Crippen LogP contribution in [0.5, 0.6) is 0 Å². The molecular weight excluding hydrogens is 200 g/mol. The minimum atomic E-state index is -3.61. The van der Waals surface area contributed by atoms with Gasteiger partial charge in [0, 0.05) is 0 Å². The molecule has 14 heavy (non-hydrogen) atoms. The van der Waals surface area contributed by atoms with Gasteiger partial charge in [0.25, 0.3) is 10.1 Å². The molecule has 0 spiro atoms. The Labute approximate surface area is 84.8 Å². The predicted molar refractivity (Wildman–Crippen MR) is 54.0 cm³/mol. The maximum absolute atomic E-state index is 11.6. The predicted octanol–water partition coefficient (Wildman–Crippen LogP) is 2.27. The van der Waals surface area contributed by atoms with Crippen molar-refractivity contribution >= 4 is 10.1 Å². The van der Waals surface area contributed by atoms with Gasteiger partial charge in [-0.05, 0) is 25.0 Å². The van der Waals surface area contributed by atoms with Crippen molar-refractivity contribution in [2.24, 2.45) is 0 Å². The highest BCUT2D eigenvalue weighted by atomic mass is 32.2. The molecule has 0 saturated heterocycles. The first-order valence-electron chi connectivity index (χ1n) is 4.38. The topological polar surface area (TPSA) is 43.4 Å². The summed E-state index contributed by atoms with van der Waals surface area (Å²) in [5.74, 6) is 0. The van der Waals surface area contributed by atoms with Gasteiger partial charge in [0.1, 0.15) is 6.61 Å². The van der Waals surface area contributed by atoms with Crippen LogP contribution in [0.3, 0.4) is 0 Å². The molecule has 1 rings (SSSR count). The Kier molecular flexibility index (Phi) is 3.66. The molecule has 0 heterocycles. The molecular formula is C10H13O3S. The first kappa shape index (κ1) is 11.2. The highest BCUT2D eigenvalue weighted by Gasteiger charge is 2.16. The van der Waals surface area contributed by atoms with E-state index in [1.165, 1.54) is 12.7 Å². The standard InChI is InChI=1S/C10H13O3S/c1-3-8-13-14(11,12)10-7-5-4-6-9(10)2/h4-8H,3H2,1-2H3. The normalized spacial score (nSPS) is 11.6. The Bertz CT molecular complexity index is 396. The molecule has 3 nitrogen and oxygen atoms in total. The Balaban J connectivity index is 2.99. The van der Waals surface area contributed by atoms with Crippen molar-refractivity contribution in [3.63, 3.8) is 0 Å². The molecule has 0 atom stereocenters. The van der Waals surface area contributed by atoms with E-state index >= 15 is 0 Å². The lowest BCUT2D eigenvalue weighted by Crippen LogP contribution is -2.05. The molecule has 0 aliphatic rings. The third kappa shape index (κ3) is 2.56. The molecule has 4 heteroatoms. The quantitative estimate of drug-likeness (QED) is 0.720. The fraction of sp³-hybridized carbons (Fsp3) is 0.300. The first-order valence-corrected chi connectivity index (χ1v) is 5.79. The van der Waals surface area contributed by atoms with Gasteiger partial charge in [-0.2, -0.15) is 8.42 Å². The SMILES string of the molecule is CC[CH]OS(=O)(=O)c1ccccc1C. The summed E-state index contributed by atoms with van der Waals surface area (Å²) in [6.45, 7) is 4.83. The van der Waals surface area contributed by atoms with Crippen LogP contribution >= 0.6 is 0 Å². The van der Waals surface area contributed by atoms with Crippen LogP contribution < -0.4 is 0 Å². The molecule has 0 saturated carbocycles. The van der Waals surface area contributed by atoms with E-state index in [1.54, 1.807) is 25.1 Å². The van der Waals surface area contributed by atoms with Gasteiger partial charge in [0.05, 0.1) is 4.90 Å². The van der Waals surface area contributed by atoms with Crippen LogP contribution in [0.25, 0.3) is 0 Å². The monoisotopic (exact) mass is 213 g/mol. The smallest absolute Gasteiger partial charge is 0.260 e. The summed E-state index contributed by atoms with van der Waals surface area (Å²) in [6, 6.07) is 6.74. The van der Waals surface area contributed by atoms with Crippen molar-refractivity contribution in [2.45, 2.75) is 25.2 Å². The number of hydrogen-bond donors (Lipinski definition) is 0. The first-order chi connectivity index (χ1) is 6.58. The third-order valence-corrected chi connectivity index (χ3v) is 3.11. The molecule has 1 aromatic carbocycles. The molecule has 0 unspecified atom stereocenters. The van der Waals surface area contributed by atoms with Crippen molar-refractivity contribution < 1.29 is 12.6 Å². The van der Waals surface area contributed by atoms with Crippen molar-refractivity contribution in [1.82, 2.24) is 0 Å². The second-order valence-corrected chi connectivity index (χ2v) is 4.43. The van der Waals surface area contributed by atoms with Gasteiger partial charge in [-0.15, -0.1) is 0 Å². The van der Waals surface area contributed by atoms with Crippen LogP contribution in [0.1, 0.15) is 18.9 Å². The molecule has 0 amide bonds. The number of aryl methyl sites for hydroxylation is 1. The maximum atomic E-state index is 11.6. The molecule has 0 fully saturated rings. The lowest BCUT2D eigenvalue weighted by Gasteiger charge is -2.06. The molecule has 77 valence electrons. The van der Waals surface area contributed by atoms with Gasteiger partial charge in [-0.3, -0.25) is 4.18 Å². The van der Waals surface area contributed by atoms with Gasteiger partial charge in [0.15, 0.2) is 0 Å². The van der Waals surface area contributed by atoms with Gasteiger partial charge >= 0.3 is 0 Å². The van der Waals surface area contributed by atoms with E-state index in [9.17, 15) is 8.42 Å². The zero-order chi connectivity index (χ0) is 10.6. The summed E-state index contributed by atoms with van der Waals surface area (Å²) in [4.78, 5) is 0.227. The Morgan fingerprint density at radius 2 is 2.00 bits per heavy atom. The third-order valence-electron chi connectivity index (χ3n) is 1.72. The van der Waals surface area contributed by atoms with Crippen LogP contribution in [-0.2, 0) is 14.3 Å². The lowest BCUT2D eigenvalue weighted by atomic mass is 10.2. The lowest BCUT2D eigenvalue weighted by molar-refractivity contribution is 0.385. The Morgan fingerprint density at radius 3 is 2.57 bits per heavy atom. The summed E-state index contributed by atoms with van der Waals surface area (Å²) in [7, 11) is -3.61. The zero-order valence-corrected chi connectivity index (χ0v) is 9.04. The molecule has 0 N–H and O–H groups in total. The molecule has 0 aliphatic carbocycles. The molecule has 0 bridgehead atoms. The van der Waals surface area contributed by atoms with Crippen LogP contribution in [-0.4, -0.2) is 8.42 Å². The molecule has 0 aliphatic heterocycles. The van der Waals surface area contributed by atoms with Crippen LogP contribution in [0.4, 0.5) is 0 Å². The summed E-state index contributed by atoms with van der Waals surface area (Å²) in [6.07, 6.45) is 0.561. The fourth-order valence-electron chi connectivity index (χ4n) is 1.05. The van der Waals surface area contributed by atoms with Crippen LogP contribution in [0.15, 0.2) is 29.2 Å². The minimum absolute atomic E-state index is 0.227. The summed E-state index contributed by atoms with van der Waals surface area (Å²) in [5, 5.41) is 0. The zero-order valence-electron chi connectivity index (χ0n) is 8.23. The van der Waals surface area contributed by atoms with Crippen molar-refractivity contribution in [3.05, 3.63) is 36.4 Å². The van der Waals surface area contributed by atoms with E-state index in [0.29, 0.717) is 12.0 Å². The van der Waals surface area contributed by atoms with Gasteiger partial charge in [-0.1, -0.05) is 25.1 Å². The highest BCUT2D eigenvalue weighted by molar-refractivity contribution is 7.86. The van der Waals surface area contributed by atoms with E-state index in [2.05, 4.69) is 0 Å². The molecule has 1 radical (unpaired) electrons.